The average molecular weight is 329 g/mol. The molecule has 1 aromatic heterocycles. The maximum absolute atomic E-state index is 12.4. The van der Waals surface area contributed by atoms with E-state index in [9.17, 15) is 9.59 Å². The molecule has 0 bridgehead atoms. The molecule has 0 aliphatic carbocycles. The summed E-state index contributed by atoms with van der Waals surface area (Å²) in [6.45, 7) is 1.80. The molecule has 3 rings (SSSR count). The Kier molecular flexibility index (Phi) is 3.80. The van der Waals surface area contributed by atoms with Gasteiger partial charge in [0.05, 0.1) is 0 Å². The number of fused-ring (bicyclic) bond motifs is 1. The number of nitrogens with two attached hydrogens (primary N) is 1. The predicted octanol–water partition coefficient (Wildman–Crippen LogP) is 3.75. The van der Waals surface area contributed by atoms with Crippen LogP contribution in [0.1, 0.15) is 26.5 Å². The number of nitrogens with one attached hydrogen (secondary N) is 1. The van der Waals surface area contributed by atoms with E-state index in [1.807, 2.05) is 0 Å². The molecule has 3 aromatic rings. The Morgan fingerprint density at radius 2 is 1.83 bits per heavy atom. The van der Waals surface area contributed by atoms with Gasteiger partial charge in [0.2, 0.25) is 5.91 Å². The number of rotatable bonds is 3. The first-order chi connectivity index (χ1) is 11.0. The molecule has 6 heteroatoms. The van der Waals surface area contributed by atoms with Crippen LogP contribution in [0.3, 0.4) is 0 Å². The van der Waals surface area contributed by atoms with Crippen molar-refractivity contribution in [1.82, 2.24) is 0 Å². The van der Waals surface area contributed by atoms with Crippen LogP contribution in [0.25, 0.3) is 11.0 Å². The minimum atomic E-state index is -0.520. The van der Waals surface area contributed by atoms with Crippen molar-refractivity contribution >= 4 is 40.1 Å². The Labute approximate surface area is 137 Å². The molecule has 0 aliphatic rings. The lowest BCUT2D eigenvalue weighted by atomic mass is 10.1. The summed E-state index contributed by atoms with van der Waals surface area (Å²) in [6.07, 6.45) is 0. The van der Waals surface area contributed by atoms with Crippen LogP contribution in [0.5, 0.6) is 0 Å². The molecule has 0 radical (unpaired) electrons. The van der Waals surface area contributed by atoms with E-state index < -0.39 is 5.91 Å². The molecular weight excluding hydrogens is 316 g/mol. The van der Waals surface area contributed by atoms with E-state index in [0.29, 0.717) is 27.4 Å². The number of furan rings is 1. The number of halogens is 1. The lowest BCUT2D eigenvalue weighted by Gasteiger charge is -2.04. The van der Waals surface area contributed by atoms with Crippen LogP contribution in [0.2, 0.25) is 5.02 Å². The van der Waals surface area contributed by atoms with Crippen LogP contribution in [0.15, 0.2) is 46.9 Å². The number of benzene rings is 2. The first kappa shape index (κ1) is 15.1. The number of aryl methyl sites for hydroxylation is 1. The van der Waals surface area contributed by atoms with E-state index >= 15 is 0 Å². The molecule has 0 atom stereocenters. The van der Waals surface area contributed by atoms with E-state index in [2.05, 4.69) is 5.32 Å². The lowest BCUT2D eigenvalue weighted by Crippen LogP contribution is -2.13. The highest BCUT2D eigenvalue weighted by molar-refractivity contribution is 6.31. The van der Waals surface area contributed by atoms with Crippen molar-refractivity contribution in [3.63, 3.8) is 0 Å². The summed E-state index contributed by atoms with van der Waals surface area (Å²) in [4.78, 5) is 23.4. The fraction of sp³-hybridized carbons (Fsp3) is 0.0588. The highest BCUT2D eigenvalue weighted by Gasteiger charge is 2.18. The molecule has 5 nitrogen and oxygen atoms in total. The minimum absolute atomic E-state index is 0.223. The standard InChI is InChI=1S/C17H13ClN2O3/c1-9-13-8-11(18)4-7-14(13)23-15(9)17(22)20-12-5-2-10(3-6-12)16(19)21/h2-8H,1H3,(H2,19,21)(H,20,22). The fourth-order valence-corrected chi connectivity index (χ4v) is 2.49. The van der Waals surface area contributed by atoms with Gasteiger partial charge in [-0.05, 0) is 49.4 Å². The second kappa shape index (κ2) is 5.78. The highest BCUT2D eigenvalue weighted by Crippen LogP contribution is 2.28. The molecule has 2 aromatic carbocycles. The van der Waals surface area contributed by atoms with Gasteiger partial charge in [-0.2, -0.15) is 0 Å². The van der Waals surface area contributed by atoms with Gasteiger partial charge in [-0.25, -0.2) is 0 Å². The van der Waals surface area contributed by atoms with Crippen molar-refractivity contribution in [3.8, 4) is 0 Å². The predicted molar refractivity (Wildman–Crippen MR) is 88.9 cm³/mol. The number of hydrogen-bond donors (Lipinski definition) is 2. The zero-order chi connectivity index (χ0) is 16.6. The summed E-state index contributed by atoms with van der Waals surface area (Å²) >= 11 is 5.97. The second-order valence-electron chi connectivity index (χ2n) is 5.09. The van der Waals surface area contributed by atoms with Gasteiger partial charge in [-0.3, -0.25) is 9.59 Å². The van der Waals surface area contributed by atoms with Crippen molar-refractivity contribution in [2.75, 3.05) is 5.32 Å². The zero-order valence-corrected chi connectivity index (χ0v) is 13.0. The molecule has 2 amide bonds. The average Bonchev–Trinajstić information content (AvgIpc) is 2.85. The Balaban J connectivity index is 1.88. The molecule has 0 unspecified atom stereocenters. The lowest BCUT2D eigenvalue weighted by molar-refractivity contribution is 0.0992. The normalized spacial score (nSPS) is 10.7. The van der Waals surface area contributed by atoms with Crippen LogP contribution in [-0.4, -0.2) is 11.8 Å². The third-order valence-corrected chi connectivity index (χ3v) is 3.77. The van der Waals surface area contributed by atoms with Crippen molar-refractivity contribution in [2.45, 2.75) is 6.92 Å². The molecule has 0 aliphatic heterocycles. The third kappa shape index (κ3) is 2.91. The van der Waals surface area contributed by atoms with E-state index in [0.717, 1.165) is 5.39 Å². The van der Waals surface area contributed by atoms with Crippen molar-refractivity contribution in [2.24, 2.45) is 5.73 Å². The topological polar surface area (TPSA) is 85.3 Å². The smallest absolute Gasteiger partial charge is 0.291 e. The Morgan fingerprint density at radius 1 is 1.13 bits per heavy atom. The van der Waals surface area contributed by atoms with E-state index in [-0.39, 0.29) is 11.7 Å². The zero-order valence-electron chi connectivity index (χ0n) is 12.2. The second-order valence-corrected chi connectivity index (χ2v) is 5.53. The quantitative estimate of drug-likeness (QED) is 0.767. The molecule has 0 saturated heterocycles. The van der Waals surface area contributed by atoms with Crippen molar-refractivity contribution in [3.05, 3.63) is 64.4 Å². The van der Waals surface area contributed by atoms with E-state index in [4.69, 9.17) is 21.8 Å². The van der Waals surface area contributed by atoms with E-state index in [1.165, 1.54) is 0 Å². The number of amides is 2. The molecule has 0 saturated carbocycles. The summed E-state index contributed by atoms with van der Waals surface area (Å²) in [5, 5.41) is 4.10. The van der Waals surface area contributed by atoms with Gasteiger partial charge in [0, 0.05) is 27.2 Å². The van der Waals surface area contributed by atoms with E-state index in [1.54, 1.807) is 49.4 Å². The highest BCUT2D eigenvalue weighted by atomic mass is 35.5. The van der Waals surface area contributed by atoms with Gasteiger partial charge in [-0.15, -0.1) is 0 Å². The summed E-state index contributed by atoms with van der Waals surface area (Å²) in [5.74, 6) is -0.671. The third-order valence-electron chi connectivity index (χ3n) is 3.53. The minimum Gasteiger partial charge on any atom is -0.451 e. The van der Waals surface area contributed by atoms with Gasteiger partial charge in [-0.1, -0.05) is 11.6 Å². The largest absolute Gasteiger partial charge is 0.451 e. The molecule has 23 heavy (non-hydrogen) atoms. The van der Waals surface area contributed by atoms with Crippen LogP contribution in [0, 0.1) is 6.92 Å². The Bertz CT molecular complexity index is 913. The van der Waals surface area contributed by atoms with Gasteiger partial charge in [0.1, 0.15) is 5.58 Å². The monoisotopic (exact) mass is 328 g/mol. The molecular formula is C17H13ClN2O3. The van der Waals surface area contributed by atoms with Gasteiger partial charge < -0.3 is 15.5 Å². The first-order valence-electron chi connectivity index (χ1n) is 6.85. The number of carbonyl (C=O) groups excluding carboxylic acids is 2. The SMILES string of the molecule is Cc1c(C(=O)Nc2ccc(C(N)=O)cc2)oc2ccc(Cl)cc12. The summed E-state index contributed by atoms with van der Waals surface area (Å²) in [6, 6.07) is 11.5. The maximum Gasteiger partial charge on any atom is 0.291 e. The maximum atomic E-state index is 12.4. The summed E-state index contributed by atoms with van der Waals surface area (Å²) in [5.41, 5.74) is 7.41. The first-order valence-corrected chi connectivity index (χ1v) is 7.23. The van der Waals surface area contributed by atoms with Crippen LogP contribution in [0.4, 0.5) is 5.69 Å². The van der Waals surface area contributed by atoms with Gasteiger partial charge in [0.25, 0.3) is 5.91 Å². The number of anilines is 1. The van der Waals surface area contributed by atoms with Crippen LogP contribution >= 0.6 is 11.6 Å². The molecule has 0 fully saturated rings. The van der Waals surface area contributed by atoms with Crippen molar-refractivity contribution < 1.29 is 14.0 Å². The number of carbonyl (C=O) groups is 2. The van der Waals surface area contributed by atoms with Crippen LogP contribution < -0.4 is 11.1 Å². The van der Waals surface area contributed by atoms with Crippen LogP contribution in [-0.2, 0) is 0 Å². The molecule has 0 spiro atoms. The Hall–Kier alpha value is -2.79. The van der Waals surface area contributed by atoms with Gasteiger partial charge in [0.15, 0.2) is 5.76 Å². The van der Waals surface area contributed by atoms with Gasteiger partial charge >= 0.3 is 0 Å². The number of hydrogen-bond acceptors (Lipinski definition) is 3. The summed E-state index contributed by atoms with van der Waals surface area (Å²) in [7, 11) is 0. The molecule has 116 valence electrons. The Morgan fingerprint density at radius 3 is 2.48 bits per heavy atom. The summed E-state index contributed by atoms with van der Waals surface area (Å²) < 4.78 is 5.60. The fourth-order valence-electron chi connectivity index (χ4n) is 2.32. The van der Waals surface area contributed by atoms with Crippen molar-refractivity contribution in [1.29, 1.82) is 0 Å². The number of primary amides is 1. The molecule has 3 N–H and O–H groups in total. The molecule has 1 heterocycles.